The molecule has 0 bridgehead atoms. The molecule has 7 nitrogen and oxygen atoms in total. The summed E-state index contributed by atoms with van der Waals surface area (Å²) >= 11 is 0. The average Bonchev–Trinajstić information content (AvgIpc) is 3.23. The molecule has 0 atom stereocenters. The first kappa shape index (κ1) is 17.5. The van der Waals surface area contributed by atoms with E-state index in [1.807, 2.05) is 24.3 Å². The van der Waals surface area contributed by atoms with Crippen molar-refractivity contribution in [1.82, 2.24) is 10.4 Å². The number of aryl methyl sites for hydroxylation is 1. The van der Waals surface area contributed by atoms with E-state index in [2.05, 4.69) is 15.5 Å². The Labute approximate surface area is 150 Å². The summed E-state index contributed by atoms with van der Waals surface area (Å²) in [5, 5.41) is 4.12. The van der Waals surface area contributed by atoms with Crippen LogP contribution >= 0.6 is 0 Å². The number of aromatic nitrogens is 1. The lowest BCUT2D eigenvalue weighted by Crippen LogP contribution is -2.13. The fraction of sp³-hybridized carbons (Fsp3) is 0.211. The van der Waals surface area contributed by atoms with E-state index in [1.165, 1.54) is 0 Å². The number of carbonyl (C=O) groups is 2. The van der Waals surface area contributed by atoms with Gasteiger partial charge in [-0.3, -0.25) is 4.79 Å². The minimum Gasteiger partial charge on any atom is -0.462 e. The van der Waals surface area contributed by atoms with Gasteiger partial charge in [-0.15, -0.1) is 0 Å². The molecule has 1 aliphatic heterocycles. The largest absolute Gasteiger partial charge is 0.462 e. The highest BCUT2D eigenvalue weighted by Gasteiger charge is 2.22. The number of hydrogen-bond donors (Lipinski definition) is 3. The van der Waals surface area contributed by atoms with Gasteiger partial charge in [0.25, 0.3) is 5.91 Å². The number of rotatable bonds is 6. The van der Waals surface area contributed by atoms with Gasteiger partial charge in [0.1, 0.15) is 0 Å². The molecule has 3 rings (SSSR count). The van der Waals surface area contributed by atoms with E-state index >= 15 is 0 Å². The van der Waals surface area contributed by atoms with Crippen LogP contribution in [0.2, 0.25) is 0 Å². The number of nitrogens with one attached hydrogen (secondary N) is 2. The summed E-state index contributed by atoms with van der Waals surface area (Å²) in [6, 6.07) is 9.26. The second kappa shape index (κ2) is 7.69. The summed E-state index contributed by atoms with van der Waals surface area (Å²) in [6.45, 7) is 2.06. The predicted molar refractivity (Wildman–Crippen MR) is 99.5 cm³/mol. The first-order valence-electron chi connectivity index (χ1n) is 8.35. The molecule has 2 aromatic rings. The molecule has 7 heteroatoms. The number of nitrogens with zero attached hydrogens (tertiary/aromatic N) is 1. The van der Waals surface area contributed by atoms with Crippen LogP contribution in [-0.4, -0.2) is 29.2 Å². The fourth-order valence-corrected chi connectivity index (χ4v) is 2.64. The maximum atomic E-state index is 12.1. The zero-order valence-corrected chi connectivity index (χ0v) is 14.4. The molecule has 1 aromatic carbocycles. The van der Waals surface area contributed by atoms with Crippen molar-refractivity contribution in [2.24, 2.45) is 5.10 Å². The van der Waals surface area contributed by atoms with E-state index in [1.54, 1.807) is 25.3 Å². The summed E-state index contributed by atoms with van der Waals surface area (Å²) in [5.74, 6) is -0.661. The van der Waals surface area contributed by atoms with Crippen LogP contribution in [0.4, 0.5) is 5.69 Å². The molecule has 2 heterocycles. The van der Waals surface area contributed by atoms with Crippen molar-refractivity contribution < 1.29 is 14.3 Å². The maximum absolute atomic E-state index is 12.1. The normalized spacial score (nSPS) is 15.0. The molecule has 134 valence electrons. The van der Waals surface area contributed by atoms with Gasteiger partial charge in [0.15, 0.2) is 0 Å². The summed E-state index contributed by atoms with van der Waals surface area (Å²) in [7, 11) is 0. The number of nitrogens with two attached hydrogens (primary N) is 1. The van der Waals surface area contributed by atoms with Crippen molar-refractivity contribution in [2.75, 3.05) is 12.3 Å². The molecule has 1 aliphatic rings. The van der Waals surface area contributed by atoms with Crippen molar-refractivity contribution in [3.05, 3.63) is 58.9 Å². The fourth-order valence-electron chi connectivity index (χ4n) is 2.64. The molecule has 0 saturated carbocycles. The second-order valence-corrected chi connectivity index (χ2v) is 5.86. The number of benzene rings is 1. The number of ether oxygens (including phenoxy) is 1. The van der Waals surface area contributed by atoms with Crippen LogP contribution in [0.15, 0.2) is 47.2 Å². The van der Waals surface area contributed by atoms with Gasteiger partial charge in [-0.25, -0.2) is 10.2 Å². The Bertz CT molecular complexity index is 878. The minimum absolute atomic E-state index is 0.260. The van der Waals surface area contributed by atoms with E-state index in [4.69, 9.17) is 10.5 Å². The highest BCUT2D eigenvalue weighted by Crippen LogP contribution is 2.17. The van der Waals surface area contributed by atoms with Crippen LogP contribution in [-0.2, 0) is 16.0 Å². The minimum atomic E-state index is -0.401. The number of carbonyl (C=O) groups excluding carboxylic acids is 2. The molecule has 0 saturated heterocycles. The number of anilines is 1. The Balaban J connectivity index is 1.72. The van der Waals surface area contributed by atoms with Crippen LogP contribution in [0, 0.1) is 0 Å². The van der Waals surface area contributed by atoms with Gasteiger partial charge in [0.2, 0.25) is 0 Å². The third-order valence-corrected chi connectivity index (χ3v) is 3.99. The van der Waals surface area contributed by atoms with Gasteiger partial charge in [-0.1, -0.05) is 12.1 Å². The van der Waals surface area contributed by atoms with Gasteiger partial charge in [-0.05, 0) is 49.6 Å². The molecule has 4 N–H and O–H groups in total. The third kappa shape index (κ3) is 4.00. The monoisotopic (exact) mass is 352 g/mol. The molecule has 0 aliphatic carbocycles. The van der Waals surface area contributed by atoms with E-state index in [0.717, 1.165) is 12.0 Å². The number of nitrogen functional groups attached to an aromatic ring is 1. The molecule has 26 heavy (non-hydrogen) atoms. The van der Waals surface area contributed by atoms with Gasteiger partial charge in [0.05, 0.1) is 23.5 Å². The lowest BCUT2D eigenvalue weighted by atomic mass is 10.0. The highest BCUT2D eigenvalue weighted by atomic mass is 16.5. The number of hydrazone groups is 1. The van der Waals surface area contributed by atoms with E-state index in [-0.39, 0.29) is 5.91 Å². The Hall–Kier alpha value is -3.35. The van der Waals surface area contributed by atoms with Crippen molar-refractivity contribution in [3.8, 4) is 0 Å². The zero-order chi connectivity index (χ0) is 18.5. The van der Waals surface area contributed by atoms with Crippen LogP contribution in [0.1, 0.15) is 35.0 Å². The molecule has 0 radical (unpaired) electrons. The number of esters is 1. The van der Waals surface area contributed by atoms with Gasteiger partial charge >= 0.3 is 5.97 Å². The maximum Gasteiger partial charge on any atom is 0.339 e. The Morgan fingerprint density at radius 2 is 2.04 bits per heavy atom. The van der Waals surface area contributed by atoms with Crippen molar-refractivity contribution >= 4 is 29.4 Å². The quantitative estimate of drug-likeness (QED) is 0.421. The number of hydrogen-bond acceptors (Lipinski definition) is 5. The number of amides is 1. The first-order chi connectivity index (χ1) is 12.6. The smallest absolute Gasteiger partial charge is 0.339 e. The predicted octanol–water partition coefficient (Wildman–Crippen LogP) is 2.28. The molecular formula is C19H20N4O3. The van der Waals surface area contributed by atoms with E-state index in [9.17, 15) is 9.59 Å². The number of aromatic amines is 1. The summed E-state index contributed by atoms with van der Waals surface area (Å²) in [6.07, 6.45) is 4.60. The molecule has 0 fully saturated rings. The van der Waals surface area contributed by atoms with Crippen LogP contribution < -0.4 is 11.2 Å². The Kier molecular flexibility index (Phi) is 5.17. The Morgan fingerprint density at radius 1 is 1.27 bits per heavy atom. The topological polar surface area (TPSA) is 110 Å². The van der Waals surface area contributed by atoms with Crippen LogP contribution in [0.5, 0.6) is 0 Å². The van der Waals surface area contributed by atoms with Gasteiger partial charge < -0.3 is 15.5 Å². The number of H-pyrrole nitrogens is 1. The van der Waals surface area contributed by atoms with Crippen LogP contribution in [0.25, 0.3) is 6.08 Å². The highest BCUT2D eigenvalue weighted by molar-refractivity contribution is 6.27. The molecule has 1 amide bonds. The van der Waals surface area contributed by atoms with E-state index in [0.29, 0.717) is 41.3 Å². The van der Waals surface area contributed by atoms with Crippen LogP contribution in [0.3, 0.4) is 0 Å². The van der Waals surface area contributed by atoms with Crippen molar-refractivity contribution in [1.29, 1.82) is 0 Å². The lowest BCUT2D eigenvalue weighted by Gasteiger charge is -2.03. The standard InChI is InChI=1S/C19H20N4O3/c1-2-26-19(25)13-9-15(21-11-13)10-16-17(22-23-18(16)24)8-5-12-3-6-14(20)7-4-12/h3-4,6-7,9-11,21H,2,5,8,20H2,1H3,(H,23,24). The third-order valence-electron chi connectivity index (χ3n) is 3.99. The van der Waals surface area contributed by atoms with Crippen molar-refractivity contribution in [2.45, 2.75) is 19.8 Å². The second-order valence-electron chi connectivity index (χ2n) is 5.86. The molecular weight excluding hydrogens is 332 g/mol. The summed E-state index contributed by atoms with van der Waals surface area (Å²) in [4.78, 5) is 26.8. The SMILES string of the molecule is CCOC(=O)c1c[nH]c(C=C2C(=O)NN=C2CCc2ccc(N)cc2)c1. The summed E-state index contributed by atoms with van der Waals surface area (Å²) < 4.78 is 4.96. The van der Waals surface area contributed by atoms with Gasteiger partial charge in [0, 0.05) is 17.6 Å². The lowest BCUT2D eigenvalue weighted by molar-refractivity contribution is -0.116. The van der Waals surface area contributed by atoms with Crippen molar-refractivity contribution in [3.63, 3.8) is 0 Å². The van der Waals surface area contributed by atoms with Gasteiger partial charge in [-0.2, -0.15) is 5.10 Å². The first-order valence-corrected chi connectivity index (χ1v) is 8.35. The molecule has 1 aromatic heterocycles. The Morgan fingerprint density at radius 3 is 2.77 bits per heavy atom. The molecule has 0 unspecified atom stereocenters. The molecule has 0 spiro atoms. The van der Waals surface area contributed by atoms with E-state index < -0.39 is 5.97 Å². The average molecular weight is 352 g/mol. The zero-order valence-electron chi connectivity index (χ0n) is 14.4. The summed E-state index contributed by atoms with van der Waals surface area (Å²) in [5.41, 5.74) is 12.2.